The van der Waals surface area contributed by atoms with Crippen molar-refractivity contribution in [3.63, 3.8) is 0 Å². The van der Waals surface area contributed by atoms with Crippen molar-refractivity contribution < 1.29 is 32.6 Å². The zero-order valence-electron chi connectivity index (χ0n) is 14.4. The summed E-state index contributed by atoms with van der Waals surface area (Å²) < 4.78 is 54.3. The van der Waals surface area contributed by atoms with E-state index in [1.807, 2.05) is 5.32 Å². The van der Waals surface area contributed by atoms with Crippen LogP contribution in [-0.2, 0) is 10.2 Å². The number of anilines is 1. The van der Waals surface area contributed by atoms with E-state index in [0.29, 0.717) is 0 Å². The minimum Gasteiger partial charge on any atom is -0.508 e. The van der Waals surface area contributed by atoms with Crippen LogP contribution in [0.25, 0.3) is 0 Å². The fourth-order valence-corrected chi connectivity index (χ4v) is 2.68. The van der Waals surface area contributed by atoms with E-state index in [1.54, 1.807) is 0 Å². The molecule has 0 spiro atoms. The van der Waals surface area contributed by atoms with Crippen LogP contribution in [0.3, 0.4) is 0 Å². The summed E-state index contributed by atoms with van der Waals surface area (Å²) in [6.45, 7) is 2.49. The first-order valence-electron chi connectivity index (χ1n) is 7.72. The number of hydrogen-bond donors (Lipinski definition) is 3. The average molecular weight is 387 g/mol. The van der Waals surface area contributed by atoms with Crippen LogP contribution in [0.4, 0.5) is 23.4 Å². The van der Waals surface area contributed by atoms with Crippen molar-refractivity contribution in [2.75, 3.05) is 5.32 Å². The lowest BCUT2D eigenvalue weighted by Gasteiger charge is -2.36. The second-order valence-corrected chi connectivity index (χ2v) is 6.63. The van der Waals surface area contributed by atoms with Crippen LogP contribution in [-0.4, -0.2) is 37.9 Å². The fraction of sp³-hybridized carbons (Fsp3) is 0.353. The molecule has 27 heavy (non-hydrogen) atoms. The quantitative estimate of drug-likeness (QED) is 0.686. The summed E-state index contributed by atoms with van der Waals surface area (Å²) in [5.74, 6) is -3.22. The van der Waals surface area contributed by atoms with E-state index in [-0.39, 0.29) is 11.4 Å². The molecule has 0 aliphatic heterocycles. The molecule has 0 radical (unpaired) electrons. The van der Waals surface area contributed by atoms with Gasteiger partial charge in [0.1, 0.15) is 23.7 Å². The Morgan fingerprint density at radius 2 is 1.89 bits per heavy atom. The number of phenolic OH excluding ortho intramolecular Hbond substituents is 1. The number of benzene rings is 1. The van der Waals surface area contributed by atoms with Crippen molar-refractivity contribution in [3.8, 4) is 5.75 Å². The summed E-state index contributed by atoms with van der Waals surface area (Å²) in [4.78, 5) is 19.4. The summed E-state index contributed by atoms with van der Waals surface area (Å²) in [6.07, 6.45) is -4.30. The summed E-state index contributed by atoms with van der Waals surface area (Å²) >= 11 is 0. The summed E-state index contributed by atoms with van der Waals surface area (Å²) in [5.41, 5.74) is -5.61. The summed E-state index contributed by atoms with van der Waals surface area (Å²) in [6, 6.07) is 3.93. The van der Waals surface area contributed by atoms with E-state index in [9.17, 15) is 32.6 Å². The molecule has 0 aliphatic carbocycles. The molecule has 146 valence electrons. The number of halogens is 4. The molecule has 10 heteroatoms. The van der Waals surface area contributed by atoms with Gasteiger partial charge in [-0.2, -0.15) is 13.2 Å². The molecule has 1 aromatic carbocycles. The standard InChI is InChI=1S/C17H17F4N3O3/c1-15(2,11-7-10(18)3-4-12(11)25)8-16(27,17(19,20)21)14(26)24-13-5-6-22-9-23-13/h3-7,9,25,27H,8H2,1-2H3,(H,22,23,24,26). The van der Waals surface area contributed by atoms with Crippen LogP contribution < -0.4 is 5.32 Å². The molecule has 0 saturated carbocycles. The van der Waals surface area contributed by atoms with Gasteiger partial charge in [0.15, 0.2) is 0 Å². The van der Waals surface area contributed by atoms with Gasteiger partial charge < -0.3 is 15.5 Å². The third-order valence-electron chi connectivity index (χ3n) is 4.05. The fourth-order valence-electron chi connectivity index (χ4n) is 2.68. The van der Waals surface area contributed by atoms with E-state index in [0.717, 1.165) is 30.6 Å². The number of rotatable bonds is 5. The minimum atomic E-state index is -5.34. The number of alkyl halides is 3. The van der Waals surface area contributed by atoms with E-state index in [4.69, 9.17) is 0 Å². The van der Waals surface area contributed by atoms with E-state index in [1.165, 1.54) is 20.0 Å². The highest BCUT2D eigenvalue weighted by Crippen LogP contribution is 2.43. The maximum atomic E-state index is 13.6. The number of nitrogens with zero attached hydrogens (tertiary/aromatic N) is 2. The Hall–Kier alpha value is -2.75. The largest absolute Gasteiger partial charge is 0.508 e. The molecule has 2 rings (SSSR count). The lowest BCUT2D eigenvalue weighted by molar-refractivity contribution is -0.254. The number of aliphatic hydroxyl groups is 1. The number of hydrogen-bond acceptors (Lipinski definition) is 5. The van der Waals surface area contributed by atoms with Gasteiger partial charge >= 0.3 is 6.18 Å². The Kier molecular flexibility index (Phi) is 5.41. The lowest BCUT2D eigenvalue weighted by Crippen LogP contribution is -2.57. The number of nitrogens with one attached hydrogen (secondary N) is 1. The molecule has 1 heterocycles. The molecule has 2 aromatic rings. The first kappa shape index (κ1) is 20.6. The third kappa shape index (κ3) is 4.33. The average Bonchev–Trinajstić information content (AvgIpc) is 2.56. The monoisotopic (exact) mass is 387 g/mol. The van der Waals surface area contributed by atoms with Crippen molar-refractivity contribution in [2.24, 2.45) is 0 Å². The van der Waals surface area contributed by atoms with Crippen LogP contribution in [0.5, 0.6) is 5.75 Å². The summed E-state index contributed by atoms with van der Waals surface area (Å²) in [7, 11) is 0. The van der Waals surface area contributed by atoms with Crippen LogP contribution >= 0.6 is 0 Å². The first-order valence-corrected chi connectivity index (χ1v) is 7.72. The first-order chi connectivity index (χ1) is 12.4. The van der Waals surface area contributed by atoms with Gasteiger partial charge in [-0.1, -0.05) is 13.8 Å². The second-order valence-electron chi connectivity index (χ2n) is 6.63. The Morgan fingerprint density at radius 3 is 2.44 bits per heavy atom. The van der Waals surface area contributed by atoms with Crippen LogP contribution in [0.15, 0.2) is 36.8 Å². The van der Waals surface area contributed by atoms with Crippen molar-refractivity contribution in [2.45, 2.75) is 37.5 Å². The van der Waals surface area contributed by atoms with Crippen LogP contribution in [0, 0.1) is 5.82 Å². The highest BCUT2D eigenvalue weighted by molar-refractivity contribution is 5.97. The van der Waals surface area contributed by atoms with Gasteiger partial charge in [-0.25, -0.2) is 14.4 Å². The molecule has 1 aromatic heterocycles. The second kappa shape index (κ2) is 7.10. The van der Waals surface area contributed by atoms with Gasteiger partial charge in [-0.15, -0.1) is 0 Å². The van der Waals surface area contributed by atoms with Gasteiger partial charge in [-0.3, -0.25) is 4.79 Å². The maximum absolute atomic E-state index is 13.6. The van der Waals surface area contributed by atoms with E-state index in [2.05, 4.69) is 9.97 Å². The molecule has 0 bridgehead atoms. The minimum absolute atomic E-state index is 0.181. The molecule has 6 nitrogen and oxygen atoms in total. The molecule has 1 unspecified atom stereocenters. The topological polar surface area (TPSA) is 95.3 Å². The number of phenols is 1. The number of aromatic hydroxyl groups is 1. The van der Waals surface area contributed by atoms with Gasteiger partial charge in [0.05, 0.1) is 0 Å². The lowest BCUT2D eigenvalue weighted by atomic mass is 9.74. The number of carbonyl (C=O) groups excluding carboxylic acids is 1. The highest BCUT2D eigenvalue weighted by atomic mass is 19.4. The molecule has 1 amide bonds. The highest BCUT2D eigenvalue weighted by Gasteiger charge is 2.61. The van der Waals surface area contributed by atoms with Gasteiger partial charge in [0.2, 0.25) is 5.60 Å². The Balaban J connectivity index is 2.41. The van der Waals surface area contributed by atoms with E-state index < -0.39 is 41.1 Å². The van der Waals surface area contributed by atoms with Crippen molar-refractivity contribution in [3.05, 3.63) is 48.2 Å². The van der Waals surface area contributed by atoms with Gasteiger partial charge in [0, 0.05) is 18.2 Å². The zero-order chi connectivity index (χ0) is 20.5. The van der Waals surface area contributed by atoms with E-state index >= 15 is 0 Å². The predicted octanol–water partition coefficient (Wildman–Crippen LogP) is 2.92. The Bertz CT molecular complexity index is 828. The third-order valence-corrected chi connectivity index (χ3v) is 4.05. The Labute approximate surface area is 151 Å². The van der Waals surface area contributed by atoms with Crippen molar-refractivity contribution in [1.29, 1.82) is 0 Å². The summed E-state index contributed by atoms with van der Waals surface area (Å²) in [5, 5.41) is 22.1. The number of amides is 1. The molecular weight excluding hydrogens is 370 g/mol. The van der Waals surface area contributed by atoms with Crippen LogP contribution in [0.2, 0.25) is 0 Å². The van der Waals surface area contributed by atoms with Gasteiger partial charge in [0.25, 0.3) is 5.91 Å². The van der Waals surface area contributed by atoms with Crippen LogP contribution in [0.1, 0.15) is 25.8 Å². The smallest absolute Gasteiger partial charge is 0.426 e. The molecule has 0 fully saturated rings. The SMILES string of the molecule is CC(C)(CC(O)(C(=O)Nc1ccncn1)C(F)(F)F)c1cc(F)ccc1O. The molecule has 0 saturated heterocycles. The van der Waals surface area contributed by atoms with Gasteiger partial charge in [-0.05, 0) is 29.7 Å². The molecule has 0 aliphatic rings. The molecule has 3 N–H and O–H groups in total. The molecule has 1 atom stereocenters. The number of carbonyl (C=O) groups is 1. The number of aromatic nitrogens is 2. The zero-order valence-corrected chi connectivity index (χ0v) is 14.4. The van der Waals surface area contributed by atoms with Crippen molar-refractivity contribution in [1.82, 2.24) is 9.97 Å². The predicted molar refractivity (Wildman–Crippen MR) is 87.4 cm³/mol. The Morgan fingerprint density at radius 1 is 1.22 bits per heavy atom. The maximum Gasteiger partial charge on any atom is 0.426 e. The molecular formula is C17H17F4N3O3. The normalized spacial score (nSPS) is 14.5. The van der Waals surface area contributed by atoms with Crippen molar-refractivity contribution >= 4 is 11.7 Å².